The normalized spacial score (nSPS) is 24.2. The van der Waals surface area contributed by atoms with E-state index in [9.17, 15) is 18.3 Å². The molecule has 112 valence electrons. The number of nitrogen functional groups attached to an aromatic ring is 1. The van der Waals surface area contributed by atoms with Gasteiger partial charge in [0.25, 0.3) is 0 Å². The molecular formula is C14H19F3N2O. The topological polar surface area (TPSA) is 49.5 Å². The summed E-state index contributed by atoms with van der Waals surface area (Å²) in [6.07, 6.45) is -3.52. The lowest BCUT2D eigenvalue weighted by molar-refractivity contribution is -0.138. The van der Waals surface area contributed by atoms with E-state index in [4.69, 9.17) is 5.73 Å². The van der Waals surface area contributed by atoms with Gasteiger partial charge in [-0.2, -0.15) is 13.2 Å². The fourth-order valence-corrected chi connectivity index (χ4v) is 2.79. The molecule has 1 aromatic carbocycles. The van der Waals surface area contributed by atoms with Gasteiger partial charge in [-0.05, 0) is 36.6 Å². The molecular weight excluding hydrogens is 269 g/mol. The molecule has 1 aliphatic heterocycles. The average molecular weight is 288 g/mol. The van der Waals surface area contributed by atoms with Crippen LogP contribution in [-0.4, -0.2) is 29.2 Å². The summed E-state index contributed by atoms with van der Waals surface area (Å²) in [6.45, 7) is 2.87. The second-order valence-corrected chi connectivity index (χ2v) is 5.40. The van der Waals surface area contributed by atoms with E-state index in [1.54, 1.807) is 0 Å². The third-order valence-electron chi connectivity index (χ3n) is 4.00. The summed E-state index contributed by atoms with van der Waals surface area (Å²) < 4.78 is 39.1. The maximum absolute atomic E-state index is 13.0. The number of nitrogens with two attached hydrogens (primary N) is 1. The Labute approximate surface area is 116 Å². The highest BCUT2D eigenvalue weighted by Crippen LogP contribution is 2.35. The molecule has 3 N–H and O–H groups in total. The average Bonchev–Trinajstić information content (AvgIpc) is 2.71. The molecule has 2 atom stereocenters. The Balaban J connectivity index is 2.26. The molecule has 6 heteroatoms. The fraction of sp³-hybridized carbons (Fsp3) is 0.571. The summed E-state index contributed by atoms with van der Waals surface area (Å²) in [5.41, 5.74) is 5.08. The summed E-state index contributed by atoms with van der Waals surface area (Å²) in [7, 11) is 0. The number of benzene rings is 1. The van der Waals surface area contributed by atoms with Crippen molar-refractivity contribution in [1.82, 2.24) is 4.90 Å². The van der Waals surface area contributed by atoms with E-state index in [0.29, 0.717) is 12.5 Å². The van der Waals surface area contributed by atoms with Crippen LogP contribution in [0.15, 0.2) is 18.2 Å². The van der Waals surface area contributed by atoms with Crippen molar-refractivity contribution in [3.8, 4) is 0 Å². The Morgan fingerprint density at radius 1 is 1.40 bits per heavy atom. The lowest BCUT2D eigenvalue weighted by atomic mass is 10.0. The van der Waals surface area contributed by atoms with Crippen LogP contribution in [0.25, 0.3) is 0 Å². The quantitative estimate of drug-likeness (QED) is 0.840. The van der Waals surface area contributed by atoms with E-state index in [2.05, 4.69) is 0 Å². The van der Waals surface area contributed by atoms with Crippen molar-refractivity contribution in [3.63, 3.8) is 0 Å². The number of hydrogen-bond acceptors (Lipinski definition) is 3. The smallest absolute Gasteiger partial charge is 0.399 e. The van der Waals surface area contributed by atoms with Crippen molar-refractivity contribution < 1.29 is 18.3 Å². The van der Waals surface area contributed by atoms with Gasteiger partial charge in [-0.3, -0.25) is 4.90 Å². The Kier molecular flexibility index (Phi) is 4.25. The van der Waals surface area contributed by atoms with Crippen molar-refractivity contribution >= 4 is 5.69 Å². The molecule has 2 rings (SSSR count). The maximum atomic E-state index is 13.0. The zero-order valence-electron chi connectivity index (χ0n) is 11.3. The summed E-state index contributed by atoms with van der Waals surface area (Å²) in [4.78, 5) is 1.91. The summed E-state index contributed by atoms with van der Waals surface area (Å²) in [5, 5.41) is 9.37. The van der Waals surface area contributed by atoms with Gasteiger partial charge in [0.05, 0.1) is 12.2 Å². The number of anilines is 1. The van der Waals surface area contributed by atoms with Crippen LogP contribution in [0.3, 0.4) is 0 Å². The van der Waals surface area contributed by atoms with Gasteiger partial charge in [-0.25, -0.2) is 0 Å². The minimum absolute atomic E-state index is 0.0303. The van der Waals surface area contributed by atoms with Crippen LogP contribution in [0.1, 0.15) is 24.5 Å². The van der Waals surface area contributed by atoms with Crippen LogP contribution in [-0.2, 0) is 12.7 Å². The van der Waals surface area contributed by atoms with Crippen LogP contribution in [0, 0.1) is 5.92 Å². The van der Waals surface area contributed by atoms with Gasteiger partial charge in [0.2, 0.25) is 0 Å². The lowest BCUT2D eigenvalue weighted by Gasteiger charge is -2.26. The number of aliphatic hydroxyl groups excluding tert-OH is 1. The molecule has 0 spiro atoms. The number of likely N-dealkylation sites (tertiary alicyclic amines) is 1. The number of rotatable bonds is 3. The molecule has 2 unspecified atom stereocenters. The summed E-state index contributed by atoms with van der Waals surface area (Å²) >= 11 is 0. The number of nitrogens with zero attached hydrogens (tertiary/aromatic N) is 1. The van der Waals surface area contributed by atoms with Gasteiger partial charge in [0.15, 0.2) is 0 Å². The monoisotopic (exact) mass is 288 g/mol. The molecule has 0 aliphatic carbocycles. The zero-order valence-corrected chi connectivity index (χ0v) is 11.3. The van der Waals surface area contributed by atoms with E-state index in [0.717, 1.165) is 12.5 Å². The van der Waals surface area contributed by atoms with Crippen LogP contribution in [0.5, 0.6) is 0 Å². The van der Waals surface area contributed by atoms with E-state index in [-0.39, 0.29) is 30.4 Å². The third kappa shape index (κ3) is 3.07. The second kappa shape index (κ2) is 5.61. The van der Waals surface area contributed by atoms with Crippen molar-refractivity contribution in [2.75, 3.05) is 18.9 Å². The fourth-order valence-electron chi connectivity index (χ4n) is 2.79. The molecule has 1 aromatic rings. The standard InChI is InChI=1S/C14H19F3N2O/c1-9-4-5-19(13(9)8-20)7-10-2-3-11(18)6-12(10)14(15,16)17/h2-3,6,9,13,20H,4-5,7-8,18H2,1H3. The van der Waals surface area contributed by atoms with Gasteiger partial charge in [0, 0.05) is 18.3 Å². The van der Waals surface area contributed by atoms with Gasteiger partial charge in [0.1, 0.15) is 0 Å². The Hall–Kier alpha value is -1.27. The predicted octanol–water partition coefficient (Wildman–Crippen LogP) is 2.49. The van der Waals surface area contributed by atoms with Gasteiger partial charge >= 0.3 is 6.18 Å². The molecule has 3 nitrogen and oxygen atoms in total. The SMILES string of the molecule is CC1CCN(Cc2ccc(N)cc2C(F)(F)F)C1CO. The maximum Gasteiger partial charge on any atom is 0.416 e. The number of hydrogen-bond donors (Lipinski definition) is 2. The molecule has 0 radical (unpaired) electrons. The first kappa shape index (κ1) is 15.1. The van der Waals surface area contributed by atoms with E-state index < -0.39 is 11.7 Å². The first-order valence-corrected chi connectivity index (χ1v) is 6.63. The van der Waals surface area contributed by atoms with Crippen LogP contribution in [0.4, 0.5) is 18.9 Å². The second-order valence-electron chi connectivity index (χ2n) is 5.40. The van der Waals surface area contributed by atoms with Gasteiger partial charge in [-0.1, -0.05) is 13.0 Å². The number of aliphatic hydroxyl groups is 1. The molecule has 0 aromatic heterocycles. The Bertz CT molecular complexity index is 476. The molecule has 0 saturated carbocycles. The van der Waals surface area contributed by atoms with Crippen LogP contribution in [0.2, 0.25) is 0 Å². The Morgan fingerprint density at radius 2 is 2.10 bits per heavy atom. The predicted molar refractivity (Wildman–Crippen MR) is 70.9 cm³/mol. The van der Waals surface area contributed by atoms with Gasteiger partial charge in [-0.15, -0.1) is 0 Å². The number of alkyl halides is 3. The first-order chi connectivity index (χ1) is 9.32. The third-order valence-corrected chi connectivity index (χ3v) is 4.00. The van der Waals surface area contributed by atoms with E-state index in [1.165, 1.54) is 12.1 Å². The summed E-state index contributed by atoms with van der Waals surface area (Å²) in [5.74, 6) is 0.295. The molecule has 1 saturated heterocycles. The zero-order chi connectivity index (χ0) is 14.9. The summed E-state index contributed by atoms with van der Waals surface area (Å²) in [6, 6.07) is 3.81. The highest BCUT2D eigenvalue weighted by atomic mass is 19.4. The lowest BCUT2D eigenvalue weighted by Crippen LogP contribution is -2.35. The van der Waals surface area contributed by atoms with Crippen molar-refractivity contribution in [1.29, 1.82) is 0 Å². The molecule has 20 heavy (non-hydrogen) atoms. The molecule has 0 amide bonds. The highest BCUT2D eigenvalue weighted by molar-refractivity contribution is 5.46. The largest absolute Gasteiger partial charge is 0.416 e. The minimum atomic E-state index is -4.41. The van der Waals surface area contributed by atoms with Crippen molar-refractivity contribution in [2.45, 2.75) is 32.1 Å². The molecule has 1 fully saturated rings. The van der Waals surface area contributed by atoms with Crippen molar-refractivity contribution in [2.24, 2.45) is 5.92 Å². The Morgan fingerprint density at radius 3 is 2.70 bits per heavy atom. The van der Waals surface area contributed by atoms with E-state index in [1.807, 2.05) is 11.8 Å². The highest BCUT2D eigenvalue weighted by Gasteiger charge is 2.36. The first-order valence-electron chi connectivity index (χ1n) is 6.63. The van der Waals surface area contributed by atoms with E-state index >= 15 is 0 Å². The van der Waals surface area contributed by atoms with Crippen LogP contribution >= 0.6 is 0 Å². The van der Waals surface area contributed by atoms with Gasteiger partial charge < -0.3 is 10.8 Å². The van der Waals surface area contributed by atoms with Crippen LogP contribution < -0.4 is 5.73 Å². The molecule has 1 heterocycles. The van der Waals surface area contributed by atoms with Crippen molar-refractivity contribution in [3.05, 3.63) is 29.3 Å². The molecule has 1 aliphatic rings. The molecule has 0 bridgehead atoms. The minimum Gasteiger partial charge on any atom is -0.399 e. The number of halogens is 3.